The van der Waals surface area contributed by atoms with Gasteiger partial charge in [-0.2, -0.15) is 0 Å². The first-order chi connectivity index (χ1) is 15.2. The number of halogens is 1. The molecule has 0 aromatic carbocycles. The van der Waals surface area contributed by atoms with E-state index in [0.717, 1.165) is 75.1 Å². The van der Waals surface area contributed by atoms with Gasteiger partial charge in [0.25, 0.3) is 0 Å². The highest BCUT2D eigenvalue weighted by atomic mass is 127. The van der Waals surface area contributed by atoms with Crippen molar-refractivity contribution < 1.29 is 0 Å². The zero-order valence-corrected chi connectivity index (χ0v) is 21.2. The topological polar surface area (TPSA) is 82.7 Å². The number of pyridine rings is 2. The third kappa shape index (κ3) is 6.30. The number of rotatable bonds is 7. The number of nitrogens with zero attached hydrogens (tertiary/aromatic N) is 6. The molecule has 0 atom stereocenters. The van der Waals surface area contributed by atoms with Gasteiger partial charge in [0, 0.05) is 51.0 Å². The molecule has 1 aliphatic heterocycles. The summed E-state index contributed by atoms with van der Waals surface area (Å²) in [6.07, 6.45) is 7.90. The lowest BCUT2D eigenvalue weighted by Crippen LogP contribution is -2.49. The minimum atomic E-state index is 0. The highest BCUT2D eigenvalue weighted by Crippen LogP contribution is 2.18. The molecule has 1 aliphatic rings. The Hall–Kier alpha value is -2.43. The molecule has 1 fully saturated rings. The average molecular weight is 548 g/mol. The summed E-state index contributed by atoms with van der Waals surface area (Å²) < 4.78 is 2.05. The molecule has 32 heavy (non-hydrogen) atoms. The molecule has 0 bridgehead atoms. The zero-order valence-electron chi connectivity index (χ0n) is 18.9. The number of nitrogens with one attached hydrogen (secondary N) is 2. The smallest absolute Gasteiger partial charge is 0.191 e. The van der Waals surface area contributed by atoms with Crippen LogP contribution in [0.5, 0.6) is 0 Å². The number of guanidine groups is 1. The minimum absolute atomic E-state index is 0. The fourth-order valence-corrected chi connectivity index (χ4v) is 3.90. The van der Waals surface area contributed by atoms with Gasteiger partial charge in [0.05, 0.1) is 0 Å². The number of anilines is 1. The van der Waals surface area contributed by atoms with Gasteiger partial charge in [-0.1, -0.05) is 12.1 Å². The molecule has 172 valence electrons. The van der Waals surface area contributed by atoms with Gasteiger partial charge in [-0.3, -0.25) is 9.39 Å². The van der Waals surface area contributed by atoms with Gasteiger partial charge in [0.1, 0.15) is 11.6 Å². The quantitative estimate of drug-likeness (QED) is 0.204. The summed E-state index contributed by atoms with van der Waals surface area (Å²) in [6.45, 7) is 7.80. The predicted octanol–water partition coefficient (Wildman–Crippen LogP) is 3.21. The minimum Gasteiger partial charge on any atom is -0.357 e. The van der Waals surface area contributed by atoms with Crippen LogP contribution in [0.1, 0.15) is 37.6 Å². The van der Waals surface area contributed by atoms with E-state index in [-0.39, 0.29) is 24.0 Å². The molecule has 0 radical (unpaired) electrons. The standard InChI is InChI=1S/C23H32N8.HI/c1-3-24-23(25-13-6-8-22-29-28-21-7-4-5-14-31(21)22)27-19-11-15-30(16-12-19)20-10-9-18(2)17-26-20;/h4-5,7,9-10,14,17,19H,3,6,8,11-13,15-16H2,1-2H3,(H2,24,25,27);1H. The number of aliphatic imine (C=N–C) groups is 1. The van der Waals surface area contributed by atoms with Crippen LogP contribution in [0.2, 0.25) is 0 Å². The third-order valence-corrected chi connectivity index (χ3v) is 5.61. The van der Waals surface area contributed by atoms with Crippen molar-refractivity contribution in [2.45, 2.75) is 45.6 Å². The molecule has 4 heterocycles. The lowest BCUT2D eigenvalue weighted by atomic mass is 10.1. The first-order valence-electron chi connectivity index (χ1n) is 11.2. The van der Waals surface area contributed by atoms with Crippen molar-refractivity contribution in [2.24, 2.45) is 4.99 Å². The number of fused-ring (bicyclic) bond motifs is 1. The van der Waals surface area contributed by atoms with Crippen LogP contribution in [0.4, 0.5) is 5.82 Å². The molecule has 3 aromatic rings. The Kier molecular flexibility index (Phi) is 9.07. The first kappa shape index (κ1) is 24.2. The molecule has 0 aliphatic carbocycles. The molecule has 0 unspecified atom stereocenters. The fourth-order valence-electron chi connectivity index (χ4n) is 3.90. The number of aryl methyl sites for hydroxylation is 2. The maximum Gasteiger partial charge on any atom is 0.191 e. The Morgan fingerprint density at radius 2 is 2.00 bits per heavy atom. The van der Waals surface area contributed by atoms with Crippen LogP contribution in [0.15, 0.2) is 47.7 Å². The molecule has 1 saturated heterocycles. The molecule has 3 aromatic heterocycles. The number of piperidine rings is 1. The van der Waals surface area contributed by atoms with Crippen LogP contribution in [0, 0.1) is 6.92 Å². The maximum absolute atomic E-state index is 4.78. The van der Waals surface area contributed by atoms with E-state index < -0.39 is 0 Å². The van der Waals surface area contributed by atoms with E-state index in [4.69, 9.17) is 4.99 Å². The summed E-state index contributed by atoms with van der Waals surface area (Å²) in [5.74, 6) is 2.96. The monoisotopic (exact) mass is 548 g/mol. The molecular formula is C23H33IN8. The second-order valence-corrected chi connectivity index (χ2v) is 8.01. The number of hydrogen-bond acceptors (Lipinski definition) is 5. The normalized spacial score (nSPS) is 14.9. The largest absolute Gasteiger partial charge is 0.357 e. The molecule has 0 amide bonds. The number of hydrogen-bond donors (Lipinski definition) is 2. The summed E-state index contributed by atoms with van der Waals surface area (Å²) in [7, 11) is 0. The first-order valence-corrected chi connectivity index (χ1v) is 11.2. The van der Waals surface area contributed by atoms with Gasteiger partial charge < -0.3 is 15.5 Å². The van der Waals surface area contributed by atoms with Crippen LogP contribution in [-0.2, 0) is 6.42 Å². The van der Waals surface area contributed by atoms with Crippen molar-refractivity contribution in [1.29, 1.82) is 0 Å². The van der Waals surface area contributed by atoms with E-state index in [1.54, 1.807) is 0 Å². The van der Waals surface area contributed by atoms with E-state index in [2.05, 4.69) is 56.7 Å². The summed E-state index contributed by atoms with van der Waals surface area (Å²) >= 11 is 0. The Morgan fingerprint density at radius 3 is 2.75 bits per heavy atom. The lowest BCUT2D eigenvalue weighted by molar-refractivity contribution is 0.459. The Bertz CT molecular complexity index is 993. The van der Waals surface area contributed by atoms with Crippen LogP contribution in [0.3, 0.4) is 0 Å². The lowest BCUT2D eigenvalue weighted by Gasteiger charge is -2.33. The Labute approximate surface area is 207 Å². The van der Waals surface area contributed by atoms with E-state index >= 15 is 0 Å². The molecule has 8 nitrogen and oxygen atoms in total. The van der Waals surface area contributed by atoms with E-state index in [0.29, 0.717) is 6.04 Å². The molecule has 4 rings (SSSR count). The fraction of sp³-hybridized carbons (Fsp3) is 0.478. The van der Waals surface area contributed by atoms with Crippen LogP contribution < -0.4 is 15.5 Å². The molecule has 0 spiro atoms. The zero-order chi connectivity index (χ0) is 21.5. The van der Waals surface area contributed by atoms with Crippen LogP contribution in [0.25, 0.3) is 5.65 Å². The highest BCUT2D eigenvalue weighted by molar-refractivity contribution is 14.0. The summed E-state index contributed by atoms with van der Waals surface area (Å²) in [5.41, 5.74) is 2.09. The van der Waals surface area contributed by atoms with Crippen molar-refractivity contribution in [2.75, 3.05) is 31.1 Å². The van der Waals surface area contributed by atoms with Crippen molar-refractivity contribution in [3.05, 3.63) is 54.1 Å². The Morgan fingerprint density at radius 1 is 1.16 bits per heavy atom. The van der Waals surface area contributed by atoms with Gasteiger partial charge in [-0.05, 0) is 56.9 Å². The molecule has 9 heteroatoms. The second kappa shape index (κ2) is 12.0. The van der Waals surface area contributed by atoms with Crippen molar-refractivity contribution >= 4 is 41.4 Å². The van der Waals surface area contributed by atoms with Crippen LogP contribution in [-0.4, -0.2) is 57.8 Å². The van der Waals surface area contributed by atoms with Crippen molar-refractivity contribution in [3.8, 4) is 0 Å². The SMILES string of the molecule is CCNC(=NCCCc1nnc2ccccn12)NC1CCN(c2ccc(C)cn2)CC1.I. The van der Waals surface area contributed by atoms with E-state index in [9.17, 15) is 0 Å². The van der Waals surface area contributed by atoms with Crippen LogP contribution >= 0.6 is 24.0 Å². The van der Waals surface area contributed by atoms with Gasteiger partial charge in [0.2, 0.25) is 0 Å². The summed E-state index contributed by atoms with van der Waals surface area (Å²) in [4.78, 5) is 11.7. The van der Waals surface area contributed by atoms with Crippen molar-refractivity contribution in [1.82, 2.24) is 30.2 Å². The molecule has 2 N–H and O–H groups in total. The molecule has 0 saturated carbocycles. The predicted molar refractivity (Wildman–Crippen MR) is 140 cm³/mol. The summed E-state index contributed by atoms with van der Waals surface area (Å²) in [6, 6.07) is 10.6. The van der Waals surface area contributed by atoms with Gasteiger partial charge in [-0.15, -0.1) is 34.2 Å². The highest BCUT2D eigenvalue weighted by Gasteiger charge is 2.20. The molecular weight excluding hydrogens is 515 g/mol. The van der Waals surface area contributed by atoms with Gasteiger partial charge in [0.15, 0.2) is 11.6 Å². The van der Waals surface area contributed by atoms with E-state index in [1.807, 2.05) is 35.0 Å². The van der Waals surface area contributed by atoms with Gasteiger partial charge in [-0.25, -0.2) is 4.98 Å². The maximum atomic E-state index is 4.78. The average Bonchev–Trinajstić information content (AvgIpc) is 3.21. The second-order valence-electron chi connectivity index (χ2n) is 8.01. The third-order valence-electron chi connectivity index (χ3n) is 5.61. The van der Waals surface area contributed by atoms with Crippen molar-refractivity contribution in [3.63, 3.8) is 0 Å². The van der Waals surface area contributed by atoms with Gasteiger partial charge >= 0.3 is 0 Å². The Balaban J connectivity index is 0.00000289. The summed E-state index contributed by atoms with van der Waals surface area (Å²) in [5, 5.41) is 15.5. The number of aromatic nitrogens is 4. The van der Waals surface area contributed by atoms with E-state index in [1.165, 1.54) is 5.56 Å².